The normalized spacial score (nSPS) is 13.7. The molecule has 4 heteroatoms. The van der Waals surface area contributed by atoms with Crippen LogP contribution in [0.25, 0.3) is 0 Å². The van der Waals surface area contributed by atoms with Crippen molar-refractivity contribution in [1.29, 1.82) is 0 Å². The molecule has 0 atom stereocenters. The maximum atomic E-state index is 5.73. The van der Waals surface area contributed by atoms with E-state index >= 15 is 0 Å². The van der Waals surface area contributed by atoms with Gasteiger partial charge >= 0.3 is 0 Å². The van der Waals surface area contributed by atoms with Gasteiger partial charge in [0.05, 0.1) is 13.2 Å². The van der Waals surface area contributed by atoms with Gasteiger partial charge in [0.1, 0.15) is 5.75 Å². The first kappa shape index (κ1) is 15.5. The molecule has 0 saturated heterocycles. The van der Waals surface area contributed by atoms with Gasteiger partial charge in [-0.05, 0) is 42.6 Å². The Morgan fingerprint density at radius 2 is 2.25 bits per heavy atom. The minimum absolute atomic E-state index is 0.769. The van der Waals surface area contributed by atoms with Gasteiger partial charge in [0.25, 0.3) is 0 Å². The fraction of sp³-hybridized carbons (Fsp3) is 0.500. The highest BCUT2D eigenvalue weighted by molar-refractivity contribution is 9.10. The summed E-state index contributed by atoms with van der Waals surface area (Å²) in [7, 11) is 1.72. The summed E-state index contributed by atoms with van der Waals surface area (Å²) in [5.41, 5.74) is 2.60. The highest BCUT2D eigenvalue weighted by Crippen LogP contribution is 2.33. The number of allylic oxidation sites excluding steroid dienone is 1. The summed E-state index contributed by atoms with van der Waals surface area (Å²) in [5.74, 6) is 1.09. The number of rotatable bonds is 8. The molecule has 0 aliphatic carbocycles. The van der Waals surface area contributed by atoms with Crippen molar-refractivity contribution in [3.8, 4) is 5.75 Å². The molecular formula is C16H22BrNO2. The Hall–Kier alpha value is -0.840. The second-order valence-electron chi connectivity index (χ2n) is 4.86. The number of fused-ring (bicyclic) bond motifs is 1. The zero-order chi connectivity index (χ0) is 14.2. The molecule has 1 aromatic rings. The Morgan fingerprint density at radius 1 is 1.35 bits per heavy atom. The van der Waals surface area contributed by atoms with Gasteiger partial charge in [-0.15, -0.1) is 0 Å². The van der Waals surface area contributed by atoms with E-state index in [0.29, 0.717) is 0 Å². The zero-order valence-electron chi connectivity index (χ0n) is 12.0. The van der Waals surface area contributed by atoms with E-state index in [-0.39, 0.29) is 0 Å². The topological polar surface area (TPSA) is 30.5 Å². The van der Waals surface area contributed by atoms with E-state index < -0.39 is 0 Å². The Bertz CT molecular complexity index is 460. The van der Waals surface area contributed by atoms with Crippen molar-refractivity contribution < 1.29 is 9.47 Å². The summed E-state index contributed by atoms with van der Waals surface area (Å²) in [6.45, 7) is 3.49. The maximum absolute atomic E-state index is 5.73. The molecule has 20 heavy (non-hydrogen) atoms. The first-order valence-corrected chi connectivity index (χ1v) is 7.89. The van der Waals surface area contributed by atoms with E-state index in [2.05, 4.69) is 45.5 Å². The molecule has 0 spiro atoms. The highest BCUT2D eigenvalue weighted by atomic mass is 79.9. The third kappa shape index (κ3) is 4.62. The lowest BCUT2D eigenvalue weighted by atomic mass is 10.1. The predicted molar refractivity (Wildman–Crippen MR) is 85.5 cm³/mol. The number of nitrogens with one attached hydrogen (secondary N) is 1. The highest BCUT2D eigenvalue weighted by Gasteiger charge is 2.16. The van der Waals surface area contributed by atoms with Crippen LogP contribution in [0.3, 0.4) is 0 Å². The Morgan fingerprint density at radius 3 is 3.10 bits per heavy atom. The van der Waals surface area contributed by atoms with E-state index in [1.807, 2.05) is 0 Å². The number of methoxy groups -OCH3 is 1. The SMILES string of the molecule is COCCNCC/C=C/Cc1cc(Br)cc2c1OCC2. The van der Waals surface area contributed by atoms with Gasteiger partial charge in [-0.25, -0.2) is 0 Å². The van der Waals surface area contributed by atoms with Gasteiger partial charge < -0.3 is 14.8 Å². The summed E-state index contributed by atoms with van der Waals surface area (Å²) < 4.78 is 11.9. The molecule has 110 valence electrons. The summed E-state index contributed by atoms with van der Waals surface area (Å²) in [4.78, 5) is 0. The Balaban J connectivity index is 1.77. The average Bonchev–Trinajstić information content (AvgIpc) is 2.89. The largest absolute Gasteiger partial charge is 0.493 e. The van der Waals surface area contributed by atoms with Crippen LogP contribution in [0.5, 0.6) is 5.75 Å². The Kier molecular flexibility index (Phi) is 6.57. The molecule has 1 N–H and O–H groups in total. The lowest BCUT2D eigenvalue weighted by Gasteiger charge is -2.07. The van der Waals surface area contributed by atoms with Crippen LogP contribution in [0.1, 0.15) is 17.5 Å². The molecule has 0 radical (unpaired) electrons. The van der Waals surface area contributed by atoms with Gasteiger partial charge in [0.15, 0.2) is 0 Å². The average molecular weight is 340 g/mol. The fourth-order valence-electron chi connectivity index (χ4n) is 2.31. The van der Waals surface area contributed by atoms with Crippen molar-refractivity contribution >= 4 is 15.9 Å². The van der Waals surface area contributed by atoms with E-state index in [0.717, 1.165) is 55.8 Å². The van der Waals surface area contributed by atoms with E-state index in [4.69, 9.17) is 9.47 Å². The van der Waals surface area contributed by atoms with Crippen LogP contribution in [0.15, 0.2) is 28.8 Å². The molecule has 2 rings (SSSR count). The predicted octanol–water partition coefficient (Wildman–Crippen LogP) is 3.11. The van der Waals surface area contributed by atoms with E-state index in [1.54, 1.807) is 7.11 Å². The van der Waals surface area contributed by atoms with E-state index in [1.165, 1.54) is 11.1 Å². The molecule has 0 aromatic heterocycles. The molecule has 0 amide bonds. The first-order valence-electron chi connectivity index (χ1n) is 7.10. The van der Waals surface area contributed by atoms with Crippen LogP contribution in [0.4, 0.5) is 0 Å². The lowest BCUT2D eigenvalue weighted by Crippen LogP contribution is -2.19. The van der Waals surface area contributed by atoms with Gasteiger partial charge in [0.2, 0.25) is 0 Å². The van der Waals surface area contributed by atoms with Gasteiger partial charge in [-0.3, -0.25) is 0 Å². The van der Waals surface area contributed by atoms with Crippen molar-refractivity contribution in [3.05, 3.63) is 39.9 Å². The van der Waals surface area contributed by atoms with Crippen LogP contribution in [-0.4, -0.2) is 33.4 Å². The molecule has 0 unspecified atom stereocenters. The van der Waals surface area contributed by atoms with Crippen LogP contribution in [0, 0.1) is 0 Å². The smallest absolute Gasteiger partial charge is 0.126 e. The lowest BCUT2D eigenvalue weighted by molar-refractivity contribution is 0.199. The molecule has 0 fully saturated rings. The fourth-order valence-corrected chi connectivity index (χ4v) is 2.86. The van der Waals surface area contributed by atoms with Gasteiger partial charge in [-0.2, -0.15) is 0 Å². The maximum Gasteiger partial charge on any atom is 0.126 e. The second-order valence-corrected chi connectivity index (χ2v) is 5.77. The number of hydrogen-bond donors (Lipinski definition) is 1. The quantitative estimate of drug-likeness (QED) is 0.583. The number of halogens is 1. The summed E-state index contributed by atoms with van der Waals surface area (Å²) >= 11 is 3.57. The standard InChI is InChI=1S/C16H22BrNO2/c1-19-10-8-18-7-4-2-3-5-13-11-15(17)12-14-6-9-20-16(13)14/h2-3,11-12,18H,4-10H2,1H3/b3-2+. The minimum atomic E-state index is 0.769. The van der Waals surface area contributed by atoms with Gasteiger partial charge in [-0.1, -0.05) is 28.1 Å². The number of hydrogen-bond acceptors (Lipinski definition) is 3. The molecule has 0 bridgehead atoms. The number of ether oxygens (including phenoxy) is 2. The van der Waals surface area contributed by atoms with Crippen molar-refractivity contribution in [2.45, 2.75) is 19.3 Å². The Labute approximate surface area is 129 Å². The van der Waals surface area contributed by atoms with Crippen LogP contribution in [-0.2, 0) is 17.6 Å². The van der Waals surface area contributed by atoms with Crippen molar-refractivity contribution in [3.63, 3.8) is 0 Å². The molecule has 1 heterocycles. The van der Waals surface area contributed by atoms with Crippen molar-refractivity contribution in [2.24, 2.45) is 0 Å². The second kappa shape index (κ2) is 8.45. The molecule has 1 aliphatic rings. The van der Waals surface area contributed by atoms with Crippen LogP contribution < -0.4 is 10.1 Å². The van der Waals surface area contributed by atoms with Crippen LogP contribution in [0.2, 0.25) is 0 Å². The van der Waals surface area contributed by atoms with Gasteiger partial charge in [0, 0.05) is 24.5 Å². The van der Waals surface area contributed by atoms with Crippen molar-refractivity contribution in [1.82, 2.24) is 5.32 Å². The number of benzene rings is 1. The summed E-state index contributed by atoms with van der Waals surface area (Å²) in [6, 6.07) is 4.32. The summed E-state index contributed by atoms with van der Waals surface area (Å²) in [6.07, 6.45) is 7.44. The molecule has 0 saturated carbocycles. The summed E-state index contributed by atoms with van der Waals surface area (Å²) in [5, 5.41) is 3.33. The minimum Gasteiger partial charge on any atom is -0.493 e. The zero-order valence-corrected chi connectivity index (χ0v) is 13.5. The first-order chi connectivity index (χ1) is 9.81. The molecular weight excluding hydrogens is 318 g/mol. The molecule has 1 aliphatic heterocycles. The van der Waals surface area contributed by atoms with Crippen molar-refractivity contribution in [2.75, 3.05) is 33.4 Å². The third-order valence-electron chi connectivity index (χ3n) is 3.30. The third-order valence-corrected chi connectivity index (χ3v) is 3.76. The molecule has 3 nitrogen and oxygen atoms in total. The van der Waals surface area contributed by atoms with E-state index in [9.17, 15) is 0 Å². The molecule has 1 aromatic carbocycles. The van der Waals surface area contributed by atoms with Crippen LogP contribution >= 0.6 is 15.9 Å². The monoisotopic (exact) mass is 339 g/mol.